The van der Waals surface area contributed by atoms with E-state index in [4.69, 9.17) is 18.9 Å². The second-order valence-electron chi connectivity index (χ2n) is 10.1. The van der Waals surface area contributed by atoms with Crippen molar-refractivity contribution in [3.05, 3.63) is 106 Å². The van der Waals surface area contributed by atoms with Gasteiger partial charge in [0, 0.05) is 5.41 Å². The minimum atomic E-state index is -0.183. The Balaban J connectivity index is 1.48. The summed E-state index contributed by atoms with van der Waals surface area (Å²) in [5.41, 5.74) is 6.45. The zero-order chi connectivity index (χ0) is 26.7. The highest BCUT2D eigenvalue weighted by molar-refractivity contribution is 5.49. The highest BCUT2D eigenvalue weighted by Gasteiger charge is 2.23. The summed E-state index contributed by atoms with van der Waals surface area (Å²) in [5, 5.41) is 0. The fraction of sp³-hybridized carbons (Fsp3) is 0.273. The average molecular weight is 497 g/mol. The van der Waals surface area contributed by atoms with Crippen LogP contribution < -0.4 is 18.9 Å². The predicted molar refractivity (Wildman–Crippen MR) is 150 cm³/mol. The van der Waals surface area contributed by atoms with E-state index in [0.29, 0.717) is 0 Å². The monoisotopic (exact) mass is 496 g/mol. The molecule has 0 aliphatic heterocycles. The molecule has 0 saturated heterocycles. The molecule has 37 heavy (non-hydrogen) atoms. The van der Waals surface area contributed by atoms with Gasteiger partial charge in [-0.05, 0) is 110 Å². The van der Waals surface area contributed by atoms with Gasteiger partial charge in [0.15, 0.2) is 0 Å². The summed E-state index contributed by atoms with van der Waals surface area (Å²) < 4.78 is 23.2. The second-order valence-corrected chi connectivity index (χ2v) is 10.1. The van der Waals surface area contributed by atoms with Crippen molar-refractivity contribution in [3.63, 3.8) is 0 Å². The maximum Gasteiger partial charge on any atom is 0.128 e. The number of benzene rings is 4. The molecule has 0 bridgehead atoms. The van der Waals surface area contributed by atoms with Crippen LogP contribution in [0.15, 0.2) is 72.8 Å². The Morgan fingerprint density at radius 2 is 0.757 bits per heavy atom. The van der Waals surface area contributed by atoms with Crippen LogP contribution in [0.2, 0.25) is 0 Å². The summed E-state index contributed by atoms with van der Waals surface area (Å²) in [7, 11) is 3.39. The minimum Gasteiger partial charge on any atom is -0.496 e. The van der Waals surface area contributed by atoms with Crippen LogP contribution >= 0.6 is 0 Å². The molecule has 0 heterocycles. The van der Waals surface area contributed by atoms with E-state index in [1.54, 1.807) is 14.2 Å². The molecule has 0 unspecified atom stereocenters. The molecule has 0 radical (unpaired) electrons. The van der Waals surface area contributed by atoms with E-state index < -0.39 is 0 Å². The predicted octanol–water partition coefficient (Wildman–Crippen LogP) is 8.85. The molecule has 0 aliphatic rings. The molecule has 4 heteroatoms. The van der Waals surface area contributed by atoms with E-state index in [-0.39, 0.29) is 5.41 Å². The number of aryl methyl sites for hydroxylation is 4. The smallest absolute Gasteiger partial charge is 0.128 e. The van der Waals surface area contributed by atoms with Crippen LogP contribution in [0.1, 0.15) is 47.2 Å². The van der Waals surface area contributed by atoms with Crippen molar-refractivity contribution in [2.75, 3.05) is 14.2 Å². The summed E-state index contributed by atoms with van der Waals surface area (Å²) >= 11 is 0. The average Bonchev–Trinajstić information content (AvgIpc) is 2.84. The van der Waals surface area contributed by atoms with Crippen LogP contribution in [-0.2, 0) is 5.41 Å². The van der Waals surface area contributed by atoms with Crippen molar-refractivity contribution in [2.45, 2.75) is 47.0 Å². The molecule has 4 aromatic rings. The van der Waals surface area contributed by atoms with Gasteiger partial charge < -0.3 is 18.9 Å². The molecule has 0 atom stereocenters. The first-order chi connectivity index (χ1) is 17.6. The summed E-state index contributed by atoms with van der Waals surface area (Å²) in [4.78, 5) is 0. The maximum atomic E-state index is 6.14. The molecular weight excluding hydrogens is 460 g/mol. The van der Waals surface area contributed by atoms with Gasteiger partial charge in [-0.1, -0.05) is 38.1 Å². The van der Waals surface area contributed by atoms with Gasteiger partial charge in [-0.15, -0.1) is 0 Å². The third-order valence-electron chi connectivity index (χ3n) is 6.90. The van der Waals surface area contributed by atoms with Gasteiger partial charge in [-0.25, -0.2) is 0 Å². The van der Waals surface area contributed by atoms with Gasteiger partial charge in [0.25, 0.3) is 0 Å². The first kappa shape index (κ1) is 26.2. The number of hydrogen-bond donors (Lipinski definition) is 0. The van der Waals surface area contributed by atoms with E-state index in [2.05, 4.69) is 38.1 Å². The molecule has 0 aromatic heterocycles. The van der Waals surface area contributed by atoms with Crippen LogP contribution in [0.25, 0.3) is 0 Å². The zero-order valence-electron chi connectivity index (χ0n) is 23.1. The van der Waals surface area contributed by atoms with Crippen LogP contribution in [0.4, 0.5) is 0 Å². The van der Waals surface area contributed by atoms with Crippen molar-refractivity contribution < 1.29 is 18.9 Å². The molecule has 4 aromatic carbocycles. The number of rotatable bonds is 8. The first-order valence-corrected chi connectivity index (χ1v) is 12.5. The molecule has 192 valence electrons. The number of ether oxygens (including phenoxy) is 4. The third kappa shape index (κ3) is 5.59. The molecule has 0 fully saturated rings. The van der Waals surface area contributed by atoms with E-state index in [9.17, 15) is 0 Å². The van der Waals surface area contributed by atoms with E-state index >= 15 is 0 Å². The Morgan fingerprint density at radius 1 is 0.459 bits per heavy atom. The first-order valence-electron chi connectivity index (χ1n) is 12.5. The highest BCUT2D eigenvalue weighted by atomic mass is 16.5. The Bertz CT molecular complexity index is 1230. The molecule has 0 aliphatic carbocycles. The Morgan fingerprint density at radius 3 is 1.03 bits per heavy atom. The normalized spacial score (nSPS) is 11.2. The van der Waals surface area contributed by atoms with Gasteiger partial charge in [-0.3, -0.25) is 0 Å². The van der Waals surface area contributed by atoms with Crippen molar-refractivity contribution in [3.8, 4) is 34.5 Å². The Kier molecular flexibility index (Phi) is 7.49. The standard InChI is InChI=1S/C33H36O4/c1-21-17-29(18-22(2)31(21)34-7)36-27-13-9-25(10-14-27)33(5,6)26-11-15-28(16-12-26)37-30-19-23(3)32(35-8)24(4)20-30/h9-20H,1-8H3. The summed E-state index contributed by atoms with van der Waals surface area (Å²) in [6.45, 7) is 12.6. The summed E-state index contributed by atoms with van der Waals surface area (Å²) in [6, 6.07) is 24.6. The van der Waals surface area contributed by atoms with Crippen LogP contribution in [0.3, 0.4) is 0 Å². The van der Waals surface area contributed by atoms with Gasteiger partial charge in [-0.2, -0.15) is 0 Å². The molecule has 0 amide bonds. The summed E-state index contributed by atoms with van der Waals surface area (Å²) in [6.07, 6.45) is 0. The lowest BCUT2D eigenvalue weighted by Gasteiger charge is -2.26. The molecular formula is C33H36O4. The second kappa shape index (κ2) is 10.6. The van der Waals surface area contributed by atoms with E-state index in [1.165, 1.54) is 11.1 Å². The molecule has 4 rings (SSSR count). The largest absolute Gasteiger partial charge is 0.496 e. The van der Waals surface area contributed by atoms with Crippen LogP contribution in [0, 0.1) is 27.7 Å². The van der Waals surface area contributed by atoms with Crippen molar-refractivity contribution in [2.24, 2.45) is 0 Å². The van der Waals surface area contributed by atoms with E-state index in [1.807, 2.05) is 76.2 Å². The summed E-state index contributed by atoms with van der Waals surface area (Å²) in [5.74, 6) is 5.01. The van der Waals surface area contributed by atoms with E-state index in [0.717, 1.165) is 56.8 Å². The lowest BCUT2D eigenvalue weighted by molar-refractivity contribution is 0.406. The lowest BCUT2D eigenvalue weighted by Crippen LogP contribution is -2.18. The van der Waals surface area contributed by atoms with Crippen molar-refractivity contribution >= 4 is 0 Å². The quantitative estimate of drug-likeness (QED) is 0.244. The van der Waals surface area contributed by atoms with Crippen LogP contribution in [0.5, 0.6) is 34.5 Å². The Labute approximate surface area is 220 Å². The van der Waals surface area contributed by atoms with Gasteiger partial charge >= 0.3 is 0 Å². The molecule has 0 saturated carbocycles. The number of hydrogen-bond acceptors (Lipinski definition) is 4. The molecule has 0 N–H and O–H groups in total. The van der Waals surface area contributed by atoms with Crippen molar-refractivity contribution in [1.29, 1.82) is 0 Å². The fourth-order valence-electron chi connectivity index (χ4n) is 4.90. The molecule has 0 spiro atoms. The maximum absolute atomic E-state index is 6.14. The van der Waals surface area contributed by atoms with Crippen molar-refractivity contribution in [1.82, 2.24) is 0 Å². The minimum absolute atomic E-state index is 0.183. The van der Waals surface area contributed by atoms with Gasteiger partial charge in [0.2, 0.25) is 0 Å². The zero-order valence-corrected chi connectivity index (χ0v) is 23.1. The highest BCUT2D eigenvalue weighted by Crippen LogP contribution is 2.36. The van der Waals surface area contributed by atoms with Crippen LogP contribution in [-0.4, -0.2) is 14.2 Å². The third-order valence-corrected chi connectivity index (χ3v) is 6.90. The van der Waals surface area contributed by atoms with Gasteiger partial charge in [0.05, 0.1) is 14.2 Å². The lowest BCUT2D eigenvalue weighted by atomic mass is 9.78. The topological polar surface area (TPSA) is 36.9 Å². The number of methoxy groups -OCH3 is 2. The van der Waals surface area contributed by atoms with Gasteiger partial charge in [0.1, 0.15) is 34.5 Å². The Hall–Kier alpha value is -3.92. The molecule has 4 nitrogen and oxygen atoms in total. The fourth-order valence-corrected chi connectivity index (χ4v) is 4.90. The SMILES string of the molecule is COc1c(C)cc(Oc2ccc(C(C)(C)c3ccc(Oc4cc(C)c(OC)c(C)c4)cc3)cc2)cc1C.